The van der Waals surface area contributed by atoms with Gasteiger partial charge in [-0.2, -0.15) is 0 Å². The number of pyridine rings is 1. The minimum Gasteiger partial charge on any atom is -0.458 e. The van der Waals surface area contributed by atoms with E-state index < -0.39 is 12.0 Å². The Hall–Kier alpha value is -2.86. The van der Waals surface area contributed by atoms with Crippen molar-refractivity contribution in [2.24, 2.45) is 5.92 Å². The average molecular weight is 400 g/mol. The first kappa shape index (κ1) is 19.9. The number of esters is 1. The highest BCUT2D eigenvalue weighted by Crippen LogP contribution is 2.13. The molecule has 1 N–H and O–H groups in total. The molecular formula is C21H22ClN3O3. The number of rotatable bonds is 7. The van der Waals surface area contributed by atoms with E-state index in [1.807, 2.05) is 44.2 Å². The number of halogens is 1. The summed E-state index contributed by atoms with van der Waals surface area (Å²) in [6, 6.07) is 12.2. The van der Waals surface area contributed by atoms with E-state index in [0.717, 1.165) is 5.56 Å². The smallest absolute Gasteiger partial charge is 0.329 e. The SMILES string of the molecule is CC(C)C(NC(=O)Cc1ccccc1)C(=O)OCc1cn2cc(Cl)ccc2n1. The Bertz CT molecular complexity index is 969. The van der Waals surface area contributed by atoms with E-state index in [4.69, 9.17) is 16.3 Å². The number of amides is 1. The molecule has 146 valence electrons. The molecule has 0 fully saturated rings. The number of benzene rings is 1. The molecule has 0 aliphatic rings. The molecule has 0 saturated carbocycles. The van der Waals surface area contributed by atoms with Gasteiger partial charge >= 0.3 is 5.97 Å². The highest BCUT2D eigenvalue weighted by atomic mass is 35.5. The lowest BCUT2D eigenvalue weighted by atomic mass is 10.0. The van der Waals surface area contributed by atoms with Gasteiger partial charge in [-0.15, -0.1) is 0 Å². The van der Waals surface area contributed by atoms with Crippen molar-refractivity contribution >= 4 is 29.1 Å². The second-order valence-electron chi connectivity index (χ2n) is 6.90. The lowest BCUT2D eigenvalue weighted by molar-refractivity contribution is -0.150. The molecule has 0 aliphatic heterocycles. The number of hydrogen-bond acceptors (Lipinski definition) is 4. The van der Waals surface area contributed by atoms with Crippen molar-refractivity contribution < 1.29 is 14.3 Å². The third-order valence-corrected chi connectivity index (χ3v) is 4.50. The predicted octanol–water partition coefficient (Wildman–Crippen LogP) is 3.41. The Morgan fingerprint density at radius 2 is 1.89 bits per heavy atom. The molecule has 7 heteroatoms. The van der Waals surface area contributed by atoms with Crippen LogP contribution in [0.15, 0.2) is 54.9 Å². The fraction of sp³-hybridized carbons (Fsp3) is 0.286. The summed E-state index contributed by atoms with van der Waals surface area (Å²) in [6.45, 7) is 3.75. The molecule has 1 atom stereocenters. The Morgan fingerprint density at radius 1 is 1.14 bits per heavy atom. The molecule has 0 saturated heterocycles. The largest absolute Gasteiger partial charge is 0.458 e. The number of aromatic nitrogens is 2. The maximum atomic E-state index is 12.5. The number of imidazole rings is 1. The van der Waals surface area contributed by atoms with Gasteiger partial charge in [0.15, 0.2) is 0 Å². The van der Waals surface area contributed by atoms with Crippen LogP contribution in [0.2, 0.25) is 5.02 Å². The number of hydrogen-bond donors (Lipinski definition) is 1. The molecule has 0 bridgehead atoms. The van der Waals surface area contributed by atoms with Crippen molar-refractivity contribution in [2.75, 3.05) is 0 Å². The molecule has 0 spiro atoms. The summed E-state index contributed by atoms with van der Waals surface area (Å²) in [7, 11) is 0. The van der Waals surface area contributed by atoms with Crippen LogP contribution in [0.5, 0.6) is 0 Å². The molecule has 0 radical (unpaired) electrons. The van der Waals surface area contributed by atoms with Crippen LogP contribution in [0.25, 0.3) is 5.65 Å². The molecule has 6 nitrogen and oxygen atoms in total. The molecule has 3 aromatic rings. The molecule has 2 aromatic heterocycles. The second-order valence-corrected chi connectivity index (χ2v) is 7.34. The highest BCUT2D eigenvalue weighted by molar-refractivity contribution is 6.30. The minimum absolute atomic E-state index is 0.0237. The first-order valence-corrected chi connectivity index (χ1v) is 9.43. The van der Waals surface area contributed by atoms with Crippen LogP contribution in [-0.4, -0.2) is 27.3 Å². The van der Waals surface area contributed by atoms with Crippen LogP contribution >= 0.6 is 11.6 Å². The summed E-state index contributed by atoms with van der Waals surface area (Å²) in [4.78, 5) is 29.2. The molecule has 2 heterocycles. The average Bonchev–Trinajstić information content (AvgIpc) is 3.06. The van der Waals surface area contributed by atoms with Crippen molar-refractivity contribution in [3.63, 3.8) is 0 Å². The Labute approximate surface area is 168 Å². The van der Waals surface area contributed by atoms with Crippen LogP contribution in [0.1, 0.15) is 25.1 Å². The molecule has 1 unspecified atom stereocenters. The van der Waals surface area contributed by atoms with Crippen molar-refractivity contribution in [2.45, 2.75) is 32.9 Å². The van der Waals surface area contributed by atoms with Crippen LogP contribution in [0.4, 0.5) is 0 Å². The second kappa shape index (κ2) is 8.89. The van der Waals surface area contributed by atoms with Crippen LogP contribution in [0.3, 0.4) is 0 Å². The zero-order valence-electron chi connectivity index (χ0n) is 15.8. The topological polar surface area (TPSA) is 72.7 Å². The van der Waals surface area contributed by atoms with Crippen LogP contribution in [0, 0.1) is 5.92 Å². The van der Waals surface area contributed by atoms with E-state index >= 15 is 0 Å². The molecule has 3 rings (SSSR count). The van der Waals surface area contributed by atoms with E-state index in [1.165, 1.54) is 0 Å². The first-order valence-electron chi connectivity index (χ1n) is 9.05. The number of nitrogens with zero attached hydrogens (tertiary/aromatic N) is 2. The fourth-order valence-corrected chi connectivity index (χ4v) is 2.99. The number of fused-ring (bicyclic) bond motifs is 1. The fourth-order valence-electron chi connectivity index (χ4n) is 2.83. The zero-order chi connectivity index (χ0) is 20.1. The number of carbonyl (C=O) groups is 2. The lowest BCUT2D eigenvalue weighted by Crippen LogP contribution is -2.45. The maximum absolute atomic E-state index is 12.5. The zero-order valence-corrected chi connectivity index (χ0v) is 16.5. The minimum atomic E-state index is -0.720. The Kier molecular flexibility index (Phi) is 6.31. The van der Waals surface area contributed by atoms with Gasteiger partial charge in [-0.3, -0.25) is 4.79 Å². The van der Waals surface area contributed by atoms with E-state index in [1.54, 1.807) is 28.9 Å². The van der Waals surface area contributed by atoms with Gasteiger partial charge < -0.3 is 14.5 Å². The van der Waals surface area contributed by atoms with Gasteiger partial charge in [0.05, 0.1) is 17.1 Å². The summed E-state index contributed by atoms with van der Waals surface area (Å²) >= 11 is 5.96. The molecule has 1 aromatic carbocycles. The first-order chi connectivity index (χ1) is 13.4. The normalized spacial score (nSPS) is 12.1. The third kappa shape index (κ3) is 5.10. The summed E-state index contributed by atoms with van der Waals surface area (Å²) in [5.74, 6) is -0.803. The molecule has 0 aliphatic carbocycles. The van der Waals surface area contributed by atoms with E-state index in [2.05, 4.69) is 10.3 Å². The molecule has 1 amide bonds. The van der Waals surface area contributed by atoms with E-state index in [-0.39, 0.29) is 24.9 Å². The summed E-state index contributed by atoms with van der Waals surface area (Å²) in [5.41, 5.74) is 2.21. The Morgan fingerprint density at radius 3 is 2.61 bits per heavy atom. The van der Waals surface area contributed by atoms with E-state index in [9.17, 15) is 9.59 Å². The van der Waals surface area contributed by atoms with Crippen molar-refractivity contribution in [1.29, 1.82) is 0 Å². The van der Waals surface area contributed by atoms with Gasteiger partial charge in [0.1, 0.15) is 18.3 Å². The Balaban J connectivity index is 1.59. The van der Waals surface area contributed by atoms with Gasteiger partial charge in [0, 0.05) is 12.4 Å². The molecule has 28 heavy (non-hydrogen) atoms. The third-order valence-electron chi connectivity index (χ3n) is 4.27. The summed E-state index contributed by atoms with van der Waals surface area (Å²) < 4.78 is 7.17. The van der Waals surface area contributed by atoms with Crippen LogP contribution < -0.4 is 5.32 Å². The molecular weight excluding hydrogens is 378 g/mol. The van der Waals surface area contributed by atoms with Gasteiger partial charge in [0.25, 0.3) is 0 Å². The van der Waals surface area contributed by atoms with Crippen molar-refractivity contribution in [3.8, 4) is 0 Å². The highest BCUT2D eigenvalue weighted by Gasteiger charge is 2.26. The van der Waals surface area contributed by atoms with Gasteiger partial charge in [0.2, 0.25) is 5.91 Å². The van der Waals surface area contributed by atoms with Crippen molar-refractivity contribution in [3.05, 3.63) is 71.1 Å². The lowest BCUT2D eigenvalue weighted by Gasteiger charge is -2.20. The predicted molar refractivity (Wildman–Crippen MR) is 107 cm³/mol. The quantitative estimate of drug-likeness (QED) is 0.618. The monoisotopic (exact) mass is 399 g/mol. The summed E-state index contributed by atoms with van der Waals surface area (Å²) in [5, 5.41) is 3.37. The van der Waals surface area contributed by atoms with Crippen molar-refractivity contribution in [1.82, 2.24) is 14.7 Å². The number of carbonyl (C=O) groups excluding carboxylic acids is 2. The maximum Gasteiger partial charge on any atom is 0.329 e. The number of ether oxygens (including phenoxy) is 1. The summed E-state index contributed by atoms with van der Waals surface area (Å²) in [6.07, 6.45) is 3.70. The standard InChI is InChI=1S/C21H22ClN3O3/c1-14(2)20(24-19(26)10-15-6-4-3-5-7-15)21(27)28-13-17-12-25-11-16(22)8-9-18(25)23-17/h3-9,11-12,14,20H,10,13H2,1-2H3,(H,24,26). The van der Waals surface area contributed by atoms with Gasteiger partial charge in [-0.1, -0.05) is 55.8 Å². The van der Waals surface area contributed by atoms with Gasteiger partial charge in [-0.25, -0.2) is 9.78 Å². The number of nitrogens with one attached hydrogen (secondary N) is 1. The van der Waals surface area contributed by atoms with Gasteiger partial charge in [-0.05, 0) is 23.6 Å². The van der Waals surface area contributed by atoms with E-state index in [0.29, 0.717) is 16.4 Å². The van der Waals surface area contributed by atoms with Crippen LogP contribution in [-0.2, 0) is 27.4 Å².